The van der Waals surface area contributed by atoms with Gasteiger partial charge in [0.15, 0.2) is 5.65 Å². The molecular weight excluding hydrogens is 384 g/mol. The first kappa shape index (κ1) is 18.3. The van der Waals surface area contributed by atoms with Gasteiger partial charge in [0.2, 0.25) is 0 Å². The summed E-state index contributed by atoms with van der Waals surface area (Å²) in [6, 6.07) is 11.0. The number of carbonyl (C=O) groups is 1. The number of fused-ring (bicyclic) bond motifs is 2. The zero-order valence-electron chi connectivity index (χ0n) is 16.1. The Morgan fingerprint density at radius 2 is 2.10 bits per heavy atom. The van der Waals surface area contributed by atoms with Crippen LogP contribution >= 0.6 is 0 Å². The Labute approximate surface area is 171 Å². The fraction of sp³-hybridized carbons (Fsp3) is 0.238. The van der Waals surface area contributed by atoms with Crippen molar-refractivity contribution in [3.63, 3.8) is 0 Å². The van der Waals surface area contributed by atoms with E-state index in [0.717, 1.165) is 19.4 Å². The van der Waals surface area contributed by atoms with Gasteiger partial charge in [-0.3, -0.25) is 4.79 Å². The van der Waals surface area contributed by atoms with E-state index >= 15 is 0 Å². The Balaban J connectivity index is 1.60. The van der Waals surface area contributed by atoms with E-state index < -0.39 is 0 Å². The lowest BCUT2D eigenvalue weighted by Crippen LogP contribution is -2.32. The molecule has 5 rings (SSSR count). The Hall–Kier alpha value is -3.72. The van der Waals surface area contributed by atoms with E-state index in [1.807, 2.05) is 24.3 Å². The van der Waals surface area contributed by atoms with Gasteiger partial charge >= 0.3 is 0 Å². The molecule has 0 bridgehead atoms. The number of carbonyl (C=O) groups excluding carboxylic acids is 1. The van der Waals surface area contributed by atoms with Crippen molar-refractivity contribution >= 4 is 40.1 Å². The van der Waals surface area contributed by atoms with Crippen LogP contribution in [0.2, 0.25) is 0 Å². The monoisotopic (exact) mass is 404 g/mol. The predicted octanol–water partition coefficient (Wildman–Crippen LogP) is 2.55. The van der Waals surface area contributed by atoms with Crippen LogP contribution in [0, 0.1) is 0 Å². The summed E-state index contributed by atoms with van der Waals surface area (Å²) in [5.41, 5.74) is 8.75. The molecule has 3 N–H and O–H groups in total. The first-order chi connectivity index (χ1) is 14.7. The molecule has 1 aliphatic rings. The highest BCUT2D eigenvalue weighted by Crippen LogP contribution is 2.28. The number of benzene rings is 1. The molecule has 9 heteroatoms. The molecule has 1 aliphatic heterocycles. The summed E-state index contributed by atoms with van der Waals surface area (Å²) in [7, 11) is 0. The molecule has 4 aromatic rings. The van der Waals surface area contributed by atoms with Crippen molar-refractivity contribution in [1.82, 2.24) is 20.0 Å². The maximum Gasteiger partial charge on any atom is 0.257 e. The van der Waals surface area contributed by atoms with Crippen LogP contribution in [0.25, 0.3) is 22.2 Å². The number of nitrogen functional groups attached to an aromatic ring is 1. The number of hydrogen-bond acceptors (Lipinski definition) is 7. The summed E-state index contributed by atoms with van der Waals surface area (Å²) < 4.78 is 12.3. The van der Waals surface area contributed by atoms with Crippen LogP contribution < -0.4 is 11.1 Å². The topological polar surface area (TPSA) is 121 Å². The first-order valence-corrected chi connectivity index (χ1v) is 9.75. The second-order valence-electron chi connectivity index (χ2n) is 7.06. The minimum Gasteiger partial charge on any atom is -0.463 e. The van der Waals surface area contributed by atoms with E-state index in [-0.39, 0.29) is 23.4 Å². The summed E-state index contributed by atoms with van der Waals surface area (Å²) in [5, 5.41) is 7.30. The molecule has 3 aromatic heterocycles. The van der Waals surface area contributed by atoms with Gasteiger partial charge in [-0.2, -0.15) is 9.78 Å². The Morgan fingerprint density at radius 3 is 2.83 bits per heavy atom. The van der Waals surface area contributed by atoms with Gasteiger partial charge < -0.3 is 20.2 Å². The number of amides is 1. The zero-order chi connectivity index (χ0) is 20.5. The second kappa shape index (κ2) is 7.60. The SMILES string of the molecule is Nc1c(C(=O)NC[C@H]2CCCO2)c2nc3ccccc3nc2n1/N=C\c1ccco1. The molecule has 0 aliphatic carbocycles. The third kappa shape index (κ3) is 3.29. The minimum absolute atomic E-state index is 0.0208. The summed E-state index contributed by atoms with van der Waals surface area (Å²) in [6.45, 7) is 1.14. The molecule has 1 saturated heterocycles. The average Bonchev–Trinajstić information content (AvgIpc) is 3.50. The number of nitrogens with two attached hydrogens (primary N) is 1. The maximum absolute atomic E-state index is 13.0. The van der Waals surface area contributed by atoms with Crippen LogP contribution in [-0.4, -0.2) is 46.0 Å². The molecule has 1 amide bonds. The van der Waals surface area contributed by atoms with Gasteiger partial charge in [-0.05, 0) is 37.1 Å². The fourth-order valence-corrected chi connectivity index (χ4v) is 3.57. The van der Waals surface area contributed by atoms with Crippen molar-refractivity contribution < 1.29 is 13.9 Å². The maximum atomic E-state index is 13.0. The summed E-state index contributed by atoms with van der Waals surface area (Å²) in [4.78, 5) is 22.3. The van der Waals surface area contributed by atoms with Crippen molar-refractivity contribution in [3.05, 3.63) is 54.0 Å². The highest BCUT2D eigenvalue weighted by Gasteiger charge is 2.25. The van der Waals surface area contributed by atoms with Crippen LogP contribution in [0.3, 0.4) is 0 Å². The highest BCUT2D eigenvalue weighted by atomic mass is 16.5. The third-order valence-corrected chi connectivity index (χ3v) is 5.06. The normalized spacial score (nSPS) is 16.7. The van der Waals surface area contributed by atoms with E-state index in [1.165, 1.54) is 10.9 Å². The van der Waals surface area contributed by atoms with Crippen LogP contribution in [0.15, 0.2) is 52.2 Å². The van der Waals surface area contributed by atoms with Crippen molar-refractivity contribution in [2.24, 2.45) is 5.10 Å². The molecule has 0 radical (unpaired) electrons. The van der Waals surface area contributed by atoms with Crippen LogP contribution in [-0.2, 0) is 4.74 Å². The van der Waals surface area contributed by atoms with Crippen molar-refractivity contribution in [1.29, 1.82) is 0 Å². The Morgan fingerprint density at radius 1 is 1.27 bits per heavy atom. The lowest BCUT2D eigenvalue weighted by atomic mass is 10.2. The van der Waals surface area contributed by atoms with Gasteiger partial charge in [0, 0.05) is 13.2 Å². The quantitative estimate of drug-likeness (QED) is 0.493. The lowest BCUT2D eigenvalue weighted by molar-refractivity contribution is 0.0859. The van der Waals surface area contributed by atoms with Crippen molar-refractivity contribution in [2.45, 2.75) is 18.9 Å². The summed E-state index contributed by atoms with van der Waals surface area (Å²) >= 11 is 0. The Bertz CT molecular complexity index is 1240. The van der Waals surface area contributed by atoms with E-state index in [4.69, 9.17) is 14.9 Å². The molecule has 1 atom stereocenters. The van der Waals surface area contributed by atoms with E-state index in [9.17, 15) is 4.79 Å². The van der Waals surface area contributed by atoms with Gasteiger partial charge in [-0.25, -0.2) is 9.97 Å². The van der Waals surface area contributed by atoms with Crippen molar-refractivity contribution in [3.8, 4) is 0 Å². The molecule has 30 heavy (non-hydrogen) atoms. The minimum atomic E-state index is -0.329. The number of nitrogens with zero attached hydrogens (tertiary/aromatic N) is 4. The molecule has 0 unspecified atom stereocenters. The van der Waals surface area contributed by atoms with Crippen LogP contribution in [0.5, 0.6) is 0 Å². The van der Waals surface area contributed by atoms with Crippen LogP contribution in [0.1, 0.15) is 29.0 Å². The van der Waals surface area contributed by atoms with Gasteiger partial charge in [0.05, 0.1) is 29.6 Å². The average molecular weight is 404 g/mol. The largest absolute Gasteiger partial charge is 0.463 e. The first-order valence-electron chi connectivity index (χ1n) is 9.75. The fourth-order valence-electron chi connectivity index (χ4n) is 3.57. The number of hydrogen-bond donors (Lipinski definition) is 2. The van der Waals surface area contributed by atoms with Crippen molar-refractivity contribution in [2.75, 3.05) is 18.9 Å². The molecule has 1 aromatic carbocycles. The van der Waals surface area contributed by atoms with E-state index in [1.54, 1.807) is 18.4 Å². The van der Waals surface area contributed by atoms with E-state index in [2.05, 4.69) is 20.4 Å². The Kier molecular flexibility index (Phi) is 4.64. The van der Waals surface area contributed by atoms with E-state index in [0.29, 0.717) is 34.5 Å². The smallest absolute Gasteiger partial charge is 0.257 e. The van der Waals surface area contributed by atoms with Gasteiger partial charge in [0.1, 0.15) is 22.7 Å². The molecule has 0 saturated carbocycles. The predicted molar refractivity (Wildman–Crippen MR) is 112 cm³/mol. The lowest BCUT2D eigenvalue weighted by Gasteiger charge is -2.10. The molecule has 152 valence electrons. The number of nitrogens with one attached hydrogen (secondary N) is 1. The molecule has 1 fully saturated rings. The zero-order valence-corrected chi connectivity index (χ0v) is 16.1. The summed E-state index contributed by atoms with van der Waals surface area (Å²) in [6.07, 6.45) is 5.01. The number of ether oxygens (including phenoxy) is 1. The molecular formula is C21H20N6O3. The number of rotatable bonds is 5. The number of furan rings is 1. The second-order valence-corrected chi connectivity index (χ2v) is 7.06. The number of aromatic nitrogens is 3. The molecule has 9 nitrogen and oxygen atoms in total. The molecule has 0 spiro atoms. The summed E-state index contributed by atoms with van der Waals surface area (Å²) in [5.74, 6) is 0.381. The number of para-hydroxylation sites is 2. The van der Waals surface area contributed by atoms with Crippen LogP contribution in [0.4, 0.5) is 5.82 Å². The van der Waals surface area contributed by atoms with Gasteiger partial charge in [-0.15, -0.1) is 0 Å². The number of anilines is 1. The highest BCUT2D eigenvalue weighted by molar-refractivity contribution is 6.10. The third-order valence-electron chi connectivity index (χ3n) is 5.06. The molecule has 4 heterocycles. The standard InChI is InChI=1S/C21H20N6O3/c22-19-17(21(28)23-11-13-5-3-9-29-13)18-20(26-16-8-2-1-7-15(16)25-18)27(19)24-12-14-6-4-10-30-14/h1-2,4,6-8,10,12-13H,3,5,9,11,22H2,(H,23,28)/b24-12-/t13-/m1/s1. The van der Waals surface area contributed by atoms with Gasteiger partial charge in [0.25, 0.3) is 5.91 Å². The van der Waals surface area contributed by atoms with Gasteiger partial charge in [-0.1, -0.05) is 12.1 Å².